The lowest BCUT2D eigenvalue weighted by molar-refractivity contribution is 0.685. The summed E-state index contributed by atoms with van der Waals surface area (Å²) in [5.74, 6) is 1.05. The molecule has 3 aromatic rings. The van der Waals surface area contributed by atoms with Gasteiger partial charge < -0.3 is 0 Å². The van der Waals surface area contributed by atoms with Crippen LogP contribution in [0.1, 0.15) is 5.69 Å². The summed E-state index contributed by atoms with van der Waals surface area (Å²) in [7, 11) is -0.948. The molecule has 1 aromatic carbocycles. The molecule has 0 spiro atoms. The molecule has 1 atom stereocenters. The lowest BCUT2D eigenvalue weighted by Gasteiger charge is -2.07. The molecule has 0 bridgehead atoms. The van der Waals surface area contributed by atoms with E-state index >= 15 is 0 Å². The van der Waals surface area contributed by atoms with E-state index in [1.807, 2.05) is 48.5 Å². The molecule has 3 rings (SSSR count). The molecule has 116 valence electrons. The molecule has 0 saturated carbocycles. The van der Waals surface area contributed by atoms with Crippen molar-refractivity contribution in [3.8, 4) is 11.4 Å². The third-order valence-electron chi connectivity index (χ3n) is 3.01. The Bertz CT molecular complexity index is 811. The number of benzene rings is 1. The van der Waals surface area contributed by atoms with Crippen LogP contribution in [0.15, 0.2) is 70.8 Å². The Kier molecular flexibility index (Phi) is 5.15. The normalized spacial score (nSPS) is 12.0. The first-order chi connectivity index (χ1) is 11.2. The van der Waals surface area contributed by atoms with Crippen molar-refractivity contribution in [2.24, 2.45) is 0 Å². The Hall–Kier alpha value is -2.05. The van der Waals surface area contributed by atoms with Gasteiger partial charge in [0.1, 0.15) is 5.03 Å². The molecule has 0 aliphatic heterocycles. The smallest absolute Gasteiger partial charge is 0.160 e. The van der Waals surface area contributed by atoms with Gasteiger partial charge in [-0.05, 0) is 30.3 Å². The van der Waals surface area contributed by atoms with E-state index in [9.17, 15) is 4.21 Å². The van der Waals surface area contributed by atoms with E-state index in [0.29, 0.717) is 11.6 Å². The fourth-order valence-corrected chi connectivity index (χ4v) is 3.47. The van der Waals surface area contributed by atoms with Crippen LogP contribution >= 0.6 is 11.8 Å². The topological polar surface area (TPSA) is 55.7 Å². The predicted molar refractivity (Wildman–Crippen MR) is 93.6 cm³/mol. The molecule has 0 amide bonds. The van der Waals surface area contributed by atoms with Crippen molar-refractivity contribution in [2.75, 3.05) is 6.26 Å². The fraction of sp³-hybridized carbons (Fsp3) is 0.118. The maximum atomic E-state index is 11.6. The second-order valence-electron chi connectivity index (χ2n) is 4.89. The highest BCUT2D eigenvalue weighted by Gasteiger charge is 2.09. The molecule has 0 aliphatic rings. The summed E-state index contributed by atoms with van der Waals surface area (Å²) in [4.78, 5) is 14.3. The summed E-state index contributed by atoms with van der Waals surface area (Å²) in [5, 5.41) is 0.846. The highest BCUT2D eigenvalue weighted by Crippen LogP contribution is 2.28. The van der Waals surface area contributed by atoms with Crippen LogP contribution in [0.2, 0.25) is 0 Å². The quantitative estimate of drug-likeness (QED) is 0.664. The van der Waals surface area contributed by atoms with Crippen LogP contribution < -0.4 is 0 Å². The molecular weight excluding hydrogens is 326 g/mol. The van der Waals surface area contributed by atoms with Crippen LogP contribution in [0.4, 0.5) is 0 Å². The van der Waals surface area contributed by atoms with E-state index in [1.165, 1.54) is 0 Å². The Labute approximate surface area is 141 Å². The molecule has 2 heterocycles. The molecule has 0 unspecified atom stereocenters. The van der Waals surface area contributed by atoms with Crippen molar-refractivity contribution in [2.45, 2.75) is 15.7 Å². The van der Waals surface area contributed by atoms with E-state index in [2.05, 4.69) is 15.0 Å². The largest absolute Gasteiger partial charge is 0.265 e. The molecule has 6 heteroatoms. The van der Waals surface area contributed by atoms with Crippen LogP contribution in [0, 0.1) is 0 Å². The zero-order valence-corrected chi connectivity index (χ0v) is 14.2. The Morgan fingerprint density at radius 3 is 2.48 bits per heavy atom. The maximum Gasteiger partial charge on any atom is 0.160 e. The average molecular weight is 341 g/mol. The second kappa shape index (κ2) is 7.48. The molecule has 0 aliphatic carbocycles. The minimum atomic E-state index is -0.948. The third kappa shape index (κ3) is 4.46. The summed E-state index contributed by atoms with van der Waals surface area (Å²) in [6.45, 7) is 0. The van der Waals surface area contributed by atoms with E-state index in [0.717, 1.165) is 21.2 Å². The van der Waals surface area contributed by atoms with Crippen LogP contribution in [-0.2, 0) is 16.6 Å². The van der Waals surface area contributed by atoms with Crippen LogP contribution in [0.25, 0.3) is 11.4 Å². The van der Waals surface area contributed by atoms with Crippen molar-refractivity contribution >= 4 is 22.6 Å². The lowest BCUT2D eigenvalue weighted by atomic mass is 10.2. The zero-order valence-electron chi connectivity index (χ0n) is 12.5. The molecule has 4 nitrogen and oxygen atoms in total. The van der Waals surface area contributed by atoms with Gasteiger partial charge in [-0.3, -0.25) is 9.19 Å². The summed E-state index contributed by atoms with van der Waals surface area (Å²) in [6, 6.07) is 15.7. The van der Waals surface area contributed by atoms with Gasteiger partial charge >= 0.3 is 0 Å². The highest BCUT2D eigenvalue weighted by molar-refractivity contribution is 7.99. The first-order valence-electron chi connectivity index (χ1n) is 7.02. The summed E-state index contributed by atoms with van der Waals surface area (Å²) >= 11 is 1.57. The van der Waals surface area contributed by atoms with E-state index < -0.39 is 10.8 Å². The number of hydrogen-bond donors (Lipinski definition) is 0. The first-order valence-corrected chi connectivity index (χ1v) is 9.56. The summed E-state index contributed by atoms with van der Waals surface area (Å²) in [6.07, 6.45) is 5.11. The minimum Gasteiger partial charge on any atom is -0.265 e. The van der Waals surface area contributed by atoms with E-state index in [4.69, 9.17) is 0 Å². The van der Waals surface area contributed by atoms with Gasteiger partial charge in [0.05, 0.1) is 11.4 Å². The van der Waals surface area contributed by atoms with Crippen LogP contribution in [0.5, 0.6) is 0 Å². The van der Waals surface area contributed by atoms with Crippen molar-refractivity contribution in [1.29, 1.82) is 0 Å². The number of pyridine rings is 1. The summed E-state index contributed by atoms with van der Waals surface area (Å²) < 4.78 is 11.6. The summed E-state index contributed by atoms with van der Waals surface area (Å²) in [5.41, 5.74) is 1.68. The number of aromatic nitrogens is 3. The lowest BCUT2D eigenvalue weighted by Crippen LogP contribution is -2.00. The zero-order chi connectivity index (χ0) is 16.1. The van der Waals surface area contributed by atoms with Crippen LogP contribution in [0.3, 0.4) is 0 Å². The number of hydrogen-bond acceptors (Lipinski definition) is 5. The Morgan fingerprint density at radius 2 is 1.78 bits per heavy atom. The van der Waals surface area contributed by atoms with Crippen molar-refractivity contribution < 1.29 is 4.21 Å². The molecule has 23 heavy (non-hydrogen) atoms. The van der Waals surface area contributed by atoms with Crippen molar-refractivity contribution in [3.63, 3.8) is 0 Å². The minimum absolute atomic E-state index is 0.420. The second-order valence-corrected chi connectivity index (χ2v) is 7.42. The fourth-order valence-electron chi connectivity index (χ4n) is 2.05. The predicted octanol–water partition coefficient (Wildman–Crippen LogP) is 3.57. The van der Waals surface area contributed by atoms with Gasteiger partial charge in [0.2, 0.25) is 0 Å². The van der Waals surface area contributed by atoms with Crippen LogP contribution in [-0.4, -0.2) is 25.4 Å². The van der Waals surface area contributed by atoms with E-state index in [-0.39, 0.29) is 0 Å². The first kappa shape index (κ1) is 15.8. The molecule has 2 aromatic heterocycles. The molecule has 0 radical (unpaired) electrons. The number of nitrogens with zero attached hydrogens (tertiary/aromatic N) is 3. The van der Waals surface area contributed by atoms with Gasteiger partial charge in [-0.25, -0.2) is 9.97 Å². The number of rotatable bonds is 5. The SMILES string of the molecule is C[S@@](=O)Cc1cc(Sc2ccccc2)nc(-c2ccncc2)n1. The monoisotopic (exact) mass is 341 g/mol. The molecular formula is C17H15N3OS2. The molecule has 0 fully saturated rings. The van der Waals surface area contributed by atoms with Gasteiger partial charge in [0.15, 0.2) is 5.82 Å². The maximum absolute atomic E-state index is 11.6. The Morgan fingerprint density at radius 1 is 1.04 bits per heavy atom. The van der Waals surface area contributed by atoms with Gasteiger partial charge in [0, 0.05) is 39.9 Å². The molecule has 0 saturated heterocycles. The third-order valence-corrected chi connectivity index (χ3v) is 4.64. The molecule has 0 N–H and O–H groups in total. The van der Waals surface area contributed by atoms with E-state index in [1.54, 1.807) is 30.4 Å². The van der Waals surface area contributed by atoms with Gasteiger partial charge in [-0.1, -0.05) is 30.0 Å². The van der Waals surface area contributed by atoms with Gasteiger partial charge in [-0.2, -0.15) is 0 Å². The van der Waals surface area contributed by atoms with Crippen molar-refractivity contribution in [3.05, 3.63) is 66.6 Å². The Balaban J connectivity index is 1.99. The van der Waals surface area contributed by atoms with Crippen molar-refractivity contribution in [1.82, 2.24) is 15.0 Å². The average Bonchev–Trinajstić information content (AvgIpc) is 2.56. The van der Waals surface area contributed by atoms with Gasteiger partial charge in [-0.15, -0.1) is 0 Å². The standard InChI is InChI=1S/C17H15N3OS2/c1-23(21)12-14-11-16(22-15-5-3-2-4-6-15)20-17(19-14)13-7-9-18-10-8-13/h2-11H,12H2,1H3/t23-/m1/s1. The van der Waals surface area contributed by atoms with Gasteiger partial charge in [0.25, 0.3) is 0 Å². The highest BCUT2D eigenvalue weighted by atomic mass is 32.2.